The fourth-order valence-electron chi connectivity index (χ4n) is 4.27. The van der Waals surface area contributed by atoms with Gasteiger partial charge in [0.15, 0.2) is 12.6 Å². The average molecular weight is 407 g/mol. The van der Waals surface area contributed by atoms with Crippen LogP contribution in [0.2, 0.25) is 0 Å². The van der Waals surface area contributed by atoms with Gasteiger partial charge in [0.1, 0.15) is 12.1 Å². The Kier molecular flexibility index (Phi) is 9.34. The minimum atomic E-state index is -0.415. The summed E-state index contributed by atoms with van der Waals surface area (Å²) < 4.78 is 23.4. The monoisotopic (exact) mass is 406 g/mol. The first kappa shape index (κ1) is 25.8. The van der Waals surface area contributed by atoms with Crippen molar-refractivity contribution < 1.29 is 33.0 Å². The molecule has 0 aliphatic carbocycles. The van der Waals surface area contributed by atoms with E-state index in [1.54, 1.807) is 14.2 Å². The lowest BCUT2D eigenvalue weighted by Gasteiger charge is -2.45. The summed E-state index contributed by atoms with van der Waals surface area (Å²) in [4.78, 5) is 0. The molecule has 0 amide bonds. The average Bonchev–Trinajstić information content (AvgIpc) is 2.57. The second kappa shape index (κ2) is 10.2. The summed E-state index contributed by atoms with van der Waals surface area (Å²) in [5.74, 6) is 0.585. The molecule has 0 saturated carbocycles. The summed E-state index contributed by atoms with van der Waals surface area (Å²) >= 11 is 0. The summed E-state index contributed by atoms with van der Waals surface area (Å²) in [5, 5.41) is 9.99. The lowest BCUT2D eigenvalue weighted by molar-refractivity contribution is -0.903. The molecule has 2 fully saturated rings. The third kappa shape index (κ3) is 6.90. The van der Waals surface area contributed by atoms with Crippen LogP contribution in [0.1, 0.15) is 33.6 Å². The smallest absolute Gasteiger partial charge is 0.163 e. The van der Waals surface area contributed by atoms with Crippen LogP contribution in [0.5, 0.6) is 0 Å². The molecule has 0 bridgehead atoms. The number of rotatable bonds is 4. The zero-order chi connectivity index (χ0) is 21.9. The zero-order valence-corrected chi connectivity index (χ0v) is 20.0. The molecule has 8 atom stereocenters. The Bertz CT molecular complexity index is 421. The van der Waals surface area contributed by atoms with E-state index in [4.69, 9.17) is 18.9 Å². The van der Waals surface area contributed by atoms with Gasteiger partial charge in [-0.15, -0.1) is 0 Å². The van der Waals surface area contributed by atoms with Crippen LogP contribution in [0, 0.1) is 5.92 Å². The van der Waals surface area contributed by atoms with E-state index >= 15 is 0 Å². The first-order valence-electron chi connectivity index (χ1n) is 10.4. The molecule has 2 aliphatic heterocycles. The van der Waals surface area contributed by atoms with Crippen molar-refractivity contribution in [1.29, 1.82) is 0 Å². The number of likely N-dealkylation sites (N-methyl/N-ethyl adjacent to an activating group) is 1. The predicted molar refractivity (Wildman–Crippen MR) is 111 cm³/mol. The van der Waals surface area contributed by atoms with Gasteiger partial charge in [-0.1, -0.05) is 6.92 Å². The zero-order valence-electron chi connectivity index (χ0n) is 20.0. The van der Waals surface area contributed by atoms with Gasteiger partial charge in [-0.3, -0.25) is 0 Å². The van der Waals surface area contributed by atoms with Crippen LogP contribution in [0.15, 0.2) is 0 Å². The van der Waals surface area contributed by atoms with Crippen LogP contribution >= 0.6 is 0 Å². The Balaban J connectivity index is 0.000000280. The van der Waals surface area contributed by atoms with Gasteiger partial charge in [-0.25, -0.2) is 0 Å². The molecule has 7 nitrogen and oxygen atoms in total. The van der Waals surface area contributed by atoms with Gasteiger partial charge in [0.05, 0.1) is 73.4 Å². The van der Waals surface area contributed by atoms with E-state index in [0.29, 0.717) is 12.0 Å². The van der Waals surface area contributed by atoms with E-state index in [1.807, 2.05) is 6.92 Å². The van der Waals surface area contributed by atoms with Crippen molar-refractivity contribution in [3.63, 3.8) is 0 Å². The minimum Gasteiger partial charge on any atom is -0.384 e. The maximum atomic E-state index is 9.99. The van der Waals surface area contributed by atoms with Gasteiger partial charge in [0.2, 0.25) is 0 Å². The first-order valence-corrected chi connectivity index (χ1v) is 10.4. The Labute approximate surface area is 172 Å². The number of aliphatic hydroxyl groups excluding tert-OH is 1. The number of hydrogen-bond acceptors (Lipinski definition) is 5. The largest absolute Gasteiger partial charge is 0.384 e. The summed E-state index contributed by atoms with van der Waals surface area (Å²) in [6.07, 6.45) is 1.24. The predicted octanol–water partition coefficient (Wildman–Crippen LogP) is 1.68. The molecular weight excluding hydrogens is 360 g/mol. The number of methoxy groups -OCH3 is 2. The second-order valence-corrected chi connectivity index (χ2v) is 10.2. The fraction of sp³-hybridized carbons (Fsp3) is 1.00. The number of quaternary nitrogens is 2. The highest BCUT2D eigenvalue weighted by molar-refractivity contribution is 4.81. The Morgan fingerprint density at radius 1 is 0.714 bits per heavy atom. The molecule has 2 saturated heterocycles. The molecule has 2 rings (SSSR count). The molecule has 2 heterocycles. The van der Waals surface area contributed by atoms with E-state index in [1.165, 1.54) is 0 Å². The van der Waals surface area contributed by atoms with Crippen molar-refractivity contribution in [3.05, 3.63) is 0 Å². The fourth-order valence-corrected chi connectivity index (χ4v) is 4.27. The van der Waals surface area contributed by atoms with Crippen molar-refractivity contribution in [2.75, 3.05) is 56.5 Å². The highest BCUT2D eigenvalue weighted by Gasteiger charge is 2.43. The molecule has 0 radical (unpaired) electrons. The summed E-state index contributed by atoms with van der Waals surface area (Å²) in [6.45, 7) is 6.29. The van der Waals surface area contributed by atoms with Crippen LogP contribution in [0.25, 0.3) is 0 Å². The Morgan fingerprint density at radius 2 is 1.11 bits per heavy atom. The van der Waals surface area contributed by atoms with Gasteiger partial charge in [-0.2, -0.15) is 0 Å². The van der Waals surface area contributed by atoms with Gasteiger partial charge in [0, 0.05) is 20.1 Å². The van der Waals surface area contributed by atoms with E-state index in [-0.39, 0.29) is 30.8 Å². The maximum Gasteiger partial charge on any atom is 0.163 e. The first-order chi connectivity index (χ1) is 12.7. The lowest BCUT2D eigenvalue weighted by Crippen LogP contribution is -2.60. The second-order valence-electron chi connectivity index (χ2n) is 10.2. The molecule has 2 aliphatic rings. The molecule has 0 aromatic carbocycles. The highest BCUT2D eigenvalue weighted by Crippen LogP contribution is 2.30. The molecule has 7 heteroatoms. The van der Waals surface area contributed by atoms with Crippen LogP contribution in [0.3, 0.4) is 0 Å². The maximum absolute atomic E-state index is 9.99. The molecule has 0 aromatic heterocycles. The number of ether oxygens (including phenoxy) is 4. The van der Waals surface area contributed by atoms with Gasteiger partial charge in [-0.05, 0) is 13.8 Å². The van der Waals surface area contributed by atoms with Crippen molar-refractivity contribution in [2.45, 2.75) is 76.6 Å². The van der Waals surface area contributed by atoms with E-state index in [2.05, 4.69) is 56.1 Å². The number of nitrogens with zero attached hydrogens (tertiary/aromatic N) is 2. The van der Waals surface area contributed by atoms with Gasteiger partial charge in [0.25, 0.3) is 0 Å². The van der Waals surface area contributed by atoms with Crippen molar-refractivity contribution in [3.8, 4) is 0 Å². The van der Waals surface area contributed by atoms with Crippen molar-refractivity contribution in [2.24, 2.45) is 5.92 Å². The summed E-state index contributed by atoms with van der Waals surface area (Å²) in [5.41, 5.74) is 0. The Hall–Kier alpha value is -0.280. The topological polar surface area (TPSA) is 57.2 Å². The minimum absolute atomic E-state index is 0.0245. The highest BCUT2D eigenvalue weighted by atomic mass is 16.7. The molecule has 6 unspecified atom stereocenters. The van der Waals surface area contributed by atoms with Crippen LogP contribution in [-0.4, -0.2) is 114 Å². The summed E-state index contributed by atoms with van der Waals surface area (Å²) in [6, 6.07) is 0.785. The third-order valence-electron chi connectivity index (χ3n) is 6.34. The van der Waals surface area contributed by atoms with Crippen molar-refractivity contribution in [1.82, 2.24) is 0 Å². The molecule has 1 N–H and O–H groups in total. The quantitative estimate of drug-likeness (QED) is 0.720. The molecule has 168 valence electrons. The molecule has 0 spiro atoms. The molecular formula is C21H46N2O5+2. The standard InChI is InChI=1S/C11H24NO2.C10H22NO3/c1-8-9(2)14-11(13-6)7-10(8)12(3,4)5;1-7-10(12)8(11(2,3)4)6-9(13-5)14-7/h8-11H,7H2,1-6H3;7-10,12H,6H2,1-5H3/q2*+1/t8-,9?,10?,11?;7?,8?,9?,10-/m11/s1. The van der Waals surface area contributed by atoms with E-state index in [9.17, 15) is 5.11 Å². The molecule has 0 aromatic rings. The number of hydrogen-bond donors (Lipinski definition) is 1. The molecule has 28 heavy (non-hydrogen) atoms. The Morgan fingerprint density at radius 3 is 1.50 bits per heavy atom. The lowest BCUT2D eigenvalue weighted by atomic mass is 9.89. The van der Waals surface area contributed by atoms with Gasteiger partial charge >= 0.3 is 0 Å². The SMILES string of the molecule is COC1CC([N+](C)(C)C)[C@H](C)C(C)O1.COC1CC([N+](C)(C)C)[C@H](O)C(C)O1. The third-order valence-corrected chi connectivity index (χ3v) is 6.34. The summed E-state index contributed by atoms with van der Waals surface area (Å²) in [7, 11) is 16.3. The van der Waals surface area contributed by atoms with Crippen LogP contribution < -0.4 is 0 Å². The van der Waals surface area contributed by atoms with Crippen molar-refractivity contribution >= 4 is 0 Å². The van der Waals surface area contributed by atoms with Gasteiger partial charge < -0.3 is 33.0 Å². The van der Waals surface area contributed by atoms with Crippen LogP contribution in [-0.2, 0) is 18.9 Å². The van der Waals surface area contributed by atoms with Crippen LogP contribution in [0.4, 0.5) is 0 Å². The van der Waals surface area contributed by atoms with E-state index in [0.717, 1.165) is 21.8 Å². The normalized spacial score (nSPS) is 39.9. The van der Waals surface area contributed by atoms with E-state index < -0.39 is 6.10 Å². The number of aliphatic hydroxyl groups is 1.